The van der Waals surface area contributed by atoms with Crippen LogP contribution in [0.3, 0.4) is 0 Å². The number of nitrogens with zero attached hydrogens (tertiary/aromatic N) is 2. The third-order valence-electron chi connectivity index (χ3n) is 13.5. The van der Waals surface area contributed by atoms with Gasteiger partial charge in [-0.3, -0.25) is 0 Å². The van der Waals surface area contributed by atoms with Crippen molar-refractivity contribution in [2.45, 2.75) is 0 Å². The molecule has 0 radical (unpaired) electrons. The largest absolute Gasteiger partial charge is 0.310 e. The molecular weight excluding hydrogens is 731 g/mol. The van der Waals surface area contributed by atoms with Crippen molar-refractivity contribution >= 4 is 138 Å². The second-order valence-electron chi connectivity index (χ2n) is 16.7. The first kappa shape index (κ1) is 36.9. The SMILES string of the molecule is Bc1c(B)c(B)c(-c2ccc(N(c3ccc(-c4ccc5c6ccc7ccccc7c6n(-c6ccccc6)c5c4)cc3)c3ccc4c(ccc5ccccc54)c3)cc2)c(B)c1B. The molecule has 0 atom stereocenters. The molecule has 11 rings (SSSR count). The summed E-state index contributed by atoms with van der Waals surface area (Å²) in [6, 6.07) is 69.4. The normalized spacial score (nSPS) is 11.6. The number of hydrogen-bond donors (Lipinski definition) is 0. The van der Waals surface area contributed by atoms with Crippen molar-refractivity contribution in [2.75, 3.05) is 4.90 Å². The molecule has 2 nitrogen and oxygen atoms in total. The van der Waals surface area contributed by atoms with Crippen LogP contribution in [0.4, 0.5) is 17.1 Å². The molecule has 0 amide bonds. The molecule has 0 aliphatic carbocycles. The van der Waals surface area contributed by atoms with E-state index in [0.29, 0.717) is 0 Å². The zero-order valence-electron chi connectivity index (χ0n) is 35.3. The summed E-state index contributed by atoms with van der Waals surface area (Å²) >= 11 is 0. The number of rotatable bonds is 6. The molecule has 0 saturated carbocycles. The van der Waals surface area contributed by atoms with E-state index in [1.54, 1.807) is 0 Å². The van der Waals surface area contributed by atoms with Crippen LogP contribution >= 0.6 is 0 Å². The summed E-state index contributed by atoms with van der Waals surface area (Å²) in [5.74, 6) is 0. The van der Waals surface area contributed by atoms with Gasteiger partial charge in [0.25, 0.3) is 0 Å². The molecule has 0 aliphatic rings. The molecule has 282 valence electrons. The third-order valence-corrected chi connectivity index (χ3v) is 13.5. The van der Waals surface area contributed by atoms with E-state index in [9.17, 15) is 0 Å². The fourth-order valence-electron chi connectivity index (χ4n) is 9.90. The first-order valence-corrected chi connectivity index (χ1v) is 21.3. The summed E-state index contributed by atoms with van der Waals surface area (Å²) in [6.07, 6.45) is 0. The van der Waals surface area contributed by atoms with Gasteiger partial charge < -0.3 is 9.47 Å². The Morgan fingerprint density at radius 1 is 0.328 bits per heavy atom. The van der Waals surface area contributed by atoms with E-state index in [2.05, 4.69) is 237 Å². The van der Waals surface area contributed by atoms with Crippen molar-refractivity contribution < 1.29 is 0 Å². The molecule has 1 heterocycles. The monoisotopic (exact) mass is 772 g/mol. The summed E-state index contributed by atoms with van der Waals surface area (Å²) in [6.45, 7) is 0. The van der Waals surface area contributed by atoms with Crippen LogP contribution in [0.1, 0.15) is 0 Å². The van der Waals surface area contributed by atoms with Crippen LogP contribution in [0.2, 0.25) is 0 Å². The lowest BCUT2D eigenvalue weighted by Crippen LogP contribution is -2.55. The highest BCUT2D eigenvalue weighted by molar-refractivity contribution is 6.68. The third kappa shape index (κ3) is 6.02. The molecule has 0 saturated heterocycles. The first-order valence-electron chi connectivity index (χ1n) is 21.3. The molecule has 61 heavy (non-hydrogen) atoms. The van der Waals surface area contributed by atoms with E-state index in [1.165, 1.54) is 104 Å². The number of anilines is 3. The van der Waals surface area contributed by atoms with Crippen LogP contribution in [-0.2, 0) is 0 Å². The Labute approximate surface area is 361 Å². The van der Waals surface area contributed by atoms with E-state index in [1.807, 2.05) is 0 Å². The smallest absolute Gasteiger partial charge is 0.139 e. The minimum absolute atomic E-state index is 1.11. The highest BCUT2D eigenvalue weighted by Crippen LogP contribution is 2.41. The van der Waals surface area contributed by atoms with E-state index in [0.717, 1.165) is 22.7 Å². The van der Waals surface area contributed by atoms with Gasteiger partial charge >= 0.3 is 0 Å². The summed E-state index contributed by atoms with van der Waals surface area (Å²) in [5, 5.41) is 10.0. The van der Waals surface area contributed by atoms with E-state index in [-0.39, 0.29) is 0 Å². The van der Waals surface area contributed by atoms with Gasteiger partial charge in [0.2, 0.25) is 0 Å². The van der Waals surface area contributed by atoms with Gasteiger partial charge in [0.15, 0.2) is 0 Å². The maximum absolute atomic E-state index is 2.45. The van der Waals surface area contributed by atoms with Gasteiger partial charge in [0.1, 0.15) is 39.2 Å². The Hall–Kier alpha value is -7.10. The molecule has 0 aliphatic heterocycles. The van der Waals surface area contributed by atoms with Gasteiger partial charge in [-0.15, -0.1) is 16.4 Å². The molecule has 0 fully saturated rings. The molecule has 7 heteroatoms. The number of benzene rings is 10. The Kier molecular flexibility index (Phi) is 8.82. The number of hydrogen-bond acceptors (Lipinski definition) is 1. The second-order valence-corrected chi connectivity index (χ2v) is 16.7. The van der Waals surface area contributed by atoms with Gasteiger partial charge in [0, 0.05) is 38.9 Å². The average molecular weight is 772 g/mol. The molecular formula is C54H41B5N2. The van der Waals surface area contributed by atoms with Crippen molar-refractivity contribution in [3.63, 3.8) is 0 Å². The average Bonchev–Trinajstić information content (AvgIpc) is 3.65. The predicted octanol–water partition coefficient (Wildman–Crippen LogP) is 6.34. The number of para-hydroxylation sites is 1. The zero-order chi connectivity index (χ0) is 41.4. The molecule has 10 aromatic carbocycles. The van der Waals surface area contributed by atoms with Crippen LogP contribution in [0.25, 0.3) is 82.1 Å². The maximum Gasteiger partial charge on any atom is 0.139 e. The van der Waals surface area contributed by atoms with Crippen molar-refractivity contribution in [3.8, 4) is 27.9 Å². The minimum Gasteiger partial charge on any atom is -0.310 e. The van der Waals surface area contributed by atoms with Crippen LogP contribution in [0, 0.1) is 0 Å². The molecule has 0 unspecified atom stereocenters. The van der Waals surface area contributed by atoms with Gasteiger partial charge in [-0.25, -0.2) is 0 Å². The topological polar surface area (TPSA) is 8.17 Å². The molecule has 1 aromatic heterocycles. The van der Waals surface area contributed by atoms with Gasteiger partial charge in [0.05, 0.1) is 11.0 Å². The second kappa shape index (κ2) is 14.6. The Morgan fingerprint density at radius 3 is 1.52 bits per heavy atom. The lowest BCUT2D eigenvalue weighted by atomic mass is 9.60. The molecule has 11 aromatic rings. The van der Waals surface area contributed by atoms with E-state index >= 15 is 0 Å². The van der Waals surface area contributed by atoms with Crippen molar-refractivity contribution in [2.24, 2.45) is 0 Å². The molecule has 0 spiro atoms. The van der Waals surface area contributed by atoms with E-state index < -0.39 is 0 Å². The van der Waals surface area contributed by atoms with Crippen LogP contribution in [0.15, 0.2) is 188 Å². The Morgan fingerprint density at radius 2 is 0.820 bits per heavy atom. The summed E-state index contributed by atoms with van der Waals surface area (Å²) in [7, 11) is 11.3. The van der Waals surface area contributed by atoms with E-state index in [4.69, 9.17) is 0 Å². The Bertz CT molecular complexity index is 3490. The lowest BCUT2D eigenvalue weighted by molar-refractivity contribution is 1.19. The first-order chi connectivity index (χ1) is 29.8. The van der Waals surface area contributed by atoms with Crippen LogP contribution in [0.5, 0.6) is 0 Å². The van der Waals surface area contributed by atoms with Crippen molar-refractivity contribution in [1.29, 1.82) is 0 Å². The minimum atomic E-state index is 1.11. The standard InChI is InChI=1S/C54H41B5N2/c55-49-48(50(56)52(58)53(59)51(49)57)35-18-24-40(25-19-35)60(41-26-29-43-37(30-41)15-14-33-8-4-6-12-42(33)43)39-22-16-32(17-23-39)36-21-27-45-46-28-20-34-9-5-7-13-44(34)54(46)61(47(45)31-36)38-10-2-1-3-11-38/h1-31H,55-59H2. The summed E-state index contributed by atoms with van der Waals surface area (Å²) < 4.78 is 2.45. The number of aromatic nitrogens is 1. The maximum atomic E-state index is 2.45. The van der Waals surface area contributed by atoms with Crippen molar-refractivity contribution in [1.82, 2.24) is 4.57 Å². The Balaban J connectivity index is 1.04. The van der Waals surface area contributed by atoms with Crippen LogP contribution < -0.4 is 32.2 Å². The molecule has 0 N–H and O–H groups in total. The van der Waals surface area contributed by atoms with Gasteiger partial charge in [-0.1, -0.05) is 144 Å². The highest BCUT2D eigenvalue weighted by Gasteiger charge is 2.19. The number of fused-ring (bicyclic) bond motifs is 8. The highest BCUT2D eigenvalue weighted by atomic mass is 15.1. The van der Waals surface area contributed by atoms with Gasteiger partial charge in [-0.05, 0) is 104 Å². The lowest BCUT2D eigenvalue weighted by Gasteiger charge is -2.27. The summed E-state index contributed by atoms with van der Waals surface area (Å²) in [5.41, 5.74) is 18.8. The van der Waals surface area contributed by atoms with Gasteiger partial charge in [-0.2, -0.15) is 0 Å². The zero-order valence-corrected chi connectivity index (χ0v) is 35.3. The van der Waals surface area contributed by atoms with Crippen molar-refractivity contribution in [3.05, 3.63) is 188 Å². The van der Waals surface area contributed by atoms with Crippen LogP contribution in [-0.4, -0.2) is 43.8 Å². The molecule has 0 bridgehead atoms. The fraction of sp³-hybridized carbons (Fsp3) is 0. The fourth-order valence-corrected chi connectivity index (χ4v) is 9.90. The predicted molar refractivity (Wildman–Crippen MR) is 280 cm³/mol. The summed E-state index contributed by atoms with van der Waals surface area (Å²) in [4.78, 5) is 2.40. The quantitative estimate of drug-likeness (QED) is 0.142.